The van der Waals surface area contributed by atoms with Gasteiger partial charge in [0.15, 0.2) is 0 Å². The van der Waals surface area contributed by atoms with Crippen LogP contribution in [-0.2, 0) is 0 Å². The SMILES string of the molecule is Cc1nc(C(=O)Nc2cnc(Br)c(C)c2)n[nH]1. The number of hydrogen-bond acceptors (Lipinski definition) is 4. The van der Waals surface area contributed by atoms with Crippen LogP contribution in [0.15, 0.2) is 16.9 Å². The maximum Gasteiger partial charge on any atom is 0.295 e. The Morgan fingerprint density at radius 2 is 2.24 bits per heavy atom. The Hall–Kier alpha value is -1.76. The fourth-order valence-electron chi connectivity index (χ4n) is 1.26. The molecular weight excluding hydrogens is 286 g/mol. The summed E-state index contributed by atoms with van der Waals surface area (Å²) in [6, 6.07) is 1.81. The average molecular weight is 296 g/mol. The molecule has 0 aliphatic carbocycles. The van der Waals surface area contributed by atoms with Gasteiger partial charge in [0.25, 0.3) is 5.91 Å². The van der Waals surface area contributed by atoms with Gasteiger partial charge >= 0.3 is 0 Å². The molecule has 0 spiro atoms. The first kappa shape index (κ1) is 11.7. The van der Waals surface area contributed by atoms with E-state index in [9.17, 15) is 4.79 Å². The van der Waals surface area contributed by atoms with E-state index in [4.69, 9.17) is 0 Å². The van der Waals surface area contributed by atoms with Crippen molar-refractivity contribution < 1.29 is 4.79 Å². The molecule has 17 heavy (non-hydrogen) atoms. The molecule has 0 saturated carbocycles. The molecule has 0 aromatic carbocycles. The molecule has 0 bridgehead atoms. The van der Waals surface area contributed by atoms with Crippen molar-refractivity contribution in [3.8, 4) is 0 Å². The van der Waals surface area contributed by atoms with E-state index in [1.165, 1.54) is 0 Å². The van der Waals surface area contributed by atoms with Crippen LogP contribution in [0.25, 0.3) is 0 Å². The summed E-state index contributed by atoms with van der Waals surface area (Å²) >= 11 is 3.29. The molecule has 0 radical (unpaired) electrons. The quantitative estimate of drug-likeness (QED) is 0.828. The van der Waals surface area contributed by atoms with Gasteiger partial charge in [0, 0.05) is 0 Å². The highest BCUT2D eigenvalue weighted by molar-refractivity contribution is 9.10. The average Bonchev–Trinajstić information content (AvgIpc) is 2.70. The van der Waals surface area contributed by atoms with Gasteiger partial charge < -0.3 is 5.32 Å². The summed E-state index contributed by atoms with van der Waals surface area (Å²) in [7, 11) is 0. The van der Waals surface area contributed by atoms with Gasteiger partial charge in [-0.15, -0.1) is 5.10 Å². The Balaban J connectivity index is 2.15. The number of amides is 1. The van der Waals surface area contributed by atoms with Crippen molar-refractivity contribution in [1.29, 1.82) is 0 Å². The summed E-state index contributed by atoms with van der Waals surface area (Å²) in [6.45, 7) is 3.62. The number of pyridine rings is 1. The lowest BCUT2D eigenvalue weighted by Gasteiger charge is -2.03. The minimum Gasteiger partial charge on any atom is -0.318 e. The number of anilines is 1. The number of hydrogen-bond donors (Lipinski definition) is 2. The second-order valence-corrected chi connectivity index (χ2v) is 4.28. The predicted octanol–water partition coefficient (Wildman–Crippen LogP) is 1.83. The van der Waals surface area contributed by atoms with Gasteiger partial charge in [-0.25, -0.2) is 9.97 Å². The number of H-pyrrole nitrogens is 1. The summed E-state index contributed by atoms with van der Waals surface area (Å²) in [6.07, 6.45) is 1.56. The lowest BCUT2D eigenvalue weighted by molar-refractivity contribution is 0.101. The number of aromatic amines is 1. The smallest absolute Gasteiger partial charge is 0.295 e. The van der Waals surface area contributed by atoms with E-state index in [0.29, 0.717) is 11.5 Å². The molecule has 2 rings (SSSR count). The first-order chi connectivity index (χ1) is 8.06. The third-order valence-corrected chi connectivity index (χ3v) is 2.90. The standard InChI is InChI=1S/C10H10BrN5O/c1-5-3-7(4-12-8(5)11)14-10(17)9-13-6(2)15-16-9/h3-4H,1-2H3,(H,14,17)(H,13,15,16). The summed E-state index contributed by atoms with van der Waals surface area (Å²) in [5.41, 5.74) is 1.55. The largest absolute Gasteiger partial charge is 0.318 e. The van der Waals surface area contributed by atoms with Gasteiger partial charge in [0.1, 0.15) is 10.4 Å². The van der Waals surface area contributed by atoms with E-state index in [2.05, 4.69) is 41.4 Å². The molecule has 0 atom stereocenters. The molecule has 0 unspecified atom stereocenters. The number of carbonyl (C=O) groups is 1. The Labute approximate surface area is 106 Å². The molecule has 7 heteroatoms. The van der Waals surface area contributed by atoms with Crippen molar-refractivity contribution in [1.82, 2.24) is 20.2 Å². The number of nitrogens with one attached hydrogen (secondary N) is 2. The van der Waals surface area contributed by atoms with E-state index in [1.807, 2.05) is 13.0 Å². The van der Waals surface area contributed by atoms with Gasteiger partial charge in [-0.3, -0.25) is 9.89 Å². The number of carbonyl (C=O) groups excluding carboxylic acids is 1. The topological polar surface area (TPSA) is 83.6 Å². The zero-order chi connectivity index (χ0) is 12.4. The van der Waals surface area contributed by atoms with Crippen molar-refractivity contribution >= 4 is 27.5 Å². The number of halogens is 1. The number of aryl methyl sites for hydroxylation is 2. The molecule has 0 aliphatic rings. The lowest BCUT2D eigenvalue weighted by atomic mass is 10.3. The fraction of sp³-hybridized carbons (Fsp3) is 0.200. The van der Waals surface area contributed by atoms with E-state index < -0.39 is 0 Å². The van der Waals surface area contributed by atoms with Crippen molar-refractivity contribution in [3.63, 3.8) is 0 Å². The van der Waals surface area contributed by atoms with Gasteiger partial charge in [-0.1, -0.05) is 0 Å². The molecule has 2 N–H and O–H groups in total. The second kappa shape index (κ2) is 4.62. The van der Waals surface area contributed by atoms with Crippen LogP contribution in [0.3, 0.4) is 0 Å². The lowest BCUT2D eigenvalue weighted by Crippen LogP contribution is -2.14. The highest BCUT2D eigenvalue weighted by Crippen LogP contribution is 2.16. The minimum absolute atomic E-state index is 0.114. The maximum absolute atomic E-state index is 11.7. The van der Waals surface area contributed by atoms with Gasteiger partial charge in [0.05, 0.1) is 11.9 Å². The number of aromatic nitrogens is 4. The molecule has 6 nitrogen and oxygen atoms in total. The molecule has 2 heterocycles. The van der Waals surface area contributed by atoms with Gasteiger partial charge in [-0.2, -0.15) is 0 Å². The third-order valence-electron chi connectivity index (χ3n) is 2.07. The Kier molecular flexibility index (Phi) is 3.19. The summed E-state index contributed by atoms with van der Waals surface area (Å²) in [4.78, 5) is 19.8. The third kappa shape index (κ3) is 2.68. The van der Waals surface area contributed by atoms with Crippen LogP contribution in [0.2, 0.25) is 0 Å². The molecule has 88 valence electrons. The monoisotopic (exact) mass is 295 g/mol. The zero-order valence-corrected chi connectivity index (χ0v) is 10.9. The first-order valence-corrected chi connectivity index (χ1v) is 5.68. The molecule has 1 amide bonds. The van der Waals surface area contributed by atoms with Gasteiger partial charge in [-0.05, 0) is 41.4 Å². The zero-order valence-electron chi connectivity index (χ0n) is 9.28. The van der Waals surface area contributed by atoms with Crippen molar-refractivity contribution in [3.05, 3.63) is 34.1 Å². The summed E-state index contributed by atoms with van der Waals surface area (Å²) in [5, 5.41) is 9.06. The van der Waals surface area contributed by atoms with E-state index in [1.54, 1.807) is 13.1 Å². The van der Waals surface area contributed by atoms with Crippen LogP contribution in [0, 0.1) is 13.8 Å². The van der Waals surface area contributed by atoms with E-state index >= 15 is 0 Å². The number of nitrogens with zero attached hydrogens (tertiary/aromatic N) is 3. The fourth-order valence-corrected chi connectivity index (χ4v) is 1.47. The van der Waals surface area contributed by atoms with Crippen LogP contribution in [0.4, 0.5) is 5.69 Å². The summed E-state index contributed by atoms with van der Waals surface area (Å²) in [5.74, 6) is 0.348. The van der Waals surface area contributed by atoms with Crippen LogP contribution >= 0.6 is 15.9 Å². The van der Waals surface area contributed by atoms with E-state index in [0.717, 1.165) is 10.2 Å². The molecule has 0 saturated heterocycles. The number of rotatable bonds is 2. The molecule has 0 fully saturated rings. The Bertz CT molecular complexity index is 566. The normalized spacial score (nSPS) is 10.3. The highest BCUT2D eigenvalue weighted by atomic mass is 79.9. The summed E-state index contributed by atoms with van der Waals surface area (Å²) < 4.78 is 0.754. The van der Waals surface area contributed by atoms with Crippen molar-refractivity contribution in [2.45, 2.75) is 13.8 Å². The van der Waals surface area contributed by atoms with Crippen LogP contribution in [0.5, 0.6) is 0 Å². The Morgan fingerprint density at radius 1 is 1.47 bits per heavy atom. The van der Waals surface area contributed by atoms with Crippen LogP contribution in [0.1, 0.15) is 22.0 Å². The Morgan fingerprint density at radius 3 is 2.82 bits per heavy atom. The van der Waals surface area contributed by atoms with Crippen molar-refractivity contribution in [2.24, 2.45) is 0 Å². The first-order valence-electron chi connectivity index (χ1n) is 4.89. The second-order valence-electron chi connectivity index (χ2n) is 3.53. The van der Waals surface area contributed by atoms with Crippen LogP contribution in [-0.4, -0.2) is 26.1 Å². The highest BCUT2D eigenvalue weighted by Gasteiger charge is 2.11. The molecule has 2 aromatic rings. The van der Waals surface area contributed by atoms with Crippen LogP contribution < -0.4 is 5.32 Å². The predicted molar refractivity (Wildman–Crippen MR) is 65.7 cm³/mol. The molecule has 0 aliphatic heterocycles. The molecule has 2 aromatic heterocycles. The maximum atomic E-state index is 11.7. The van der Waals surface area contributed by atoms with E-state index in [-0.39, 0.29) is 11.7 Å². The minimum atomic E-state index is -0.363. The molecular formula is C10H10BrN5O. The van der Waals surface area contributed by atoms with Gasteiger partial charge in [0.2, 0.25) is 5.82 Å². The van der Waals surface area contributed by atoms with Crippen molar-refractivity contribution in [2.75, 3.05) is 5.32 Å².